The Morgan fingerprint density at radius 2 is 2.00 bits per heavy atom. The molecule has 1 aromatic carbocycles. The van der Waals surface area contributed by atoms with Gasteiger partial charge in [-0.05, 0) is 25.1 Å². The molecule has 1 atom stereocenters. The lowest BCUT2D eigenvalue weighted by molar-refractivity contribution is 0.127. The summed E-state index contributed by atoms with van der Waals surface area (Å²) in [6, 6.07) is 11.6. The van der Waals surface area contributed by atoms with E-state index in [1.165, 1.54) is 0 Å². The fourth-order valence-electron chi connectivity index (χ4n) is 1.95. The summed E-state index contributed by atoms with van der Waals surface area (Å²) in [5, 5.41) is 14.6. The van der Waals surface area contributed by atoms with E-state index in [0.717, 1.165) is 10.9 Å². The fraction of sp³-hybridized carbons (Fsp3) is 0.214. The van der Waals surface area contributed by atoms with Crippen molar-refractivity contribution in [3.8, 4) is 11.5 Å². The van der Waals surface area contributed by atoms with Gasteiger partial charge in [0.1, 0.15) is 11.8 Å². The third kappa shape index (κ3) is 2.38. The number of aliphatic hydroxyl groups is 1. The monoisotopic (exact) mass is 270 g/mol. The second-order valence-electron chi connectivity index (χ2n) is 4.44. The van der Waals surface area contributed by atoms with Crippen molar-refractivity contribution in [1.29, 1.82) is 0 Å². The van der Waals surface area contributed by atoms with Gasteiger partial charge >= 0.3 is 0 Å². The molecule has 20 heavy (non-hydrogen) atoms. The maximum Gasteiger partial charge on any atom is 0.255 e. The van der Waals surface area contributed by atoms with Crippen molar-refractivity contribution < 1.29 is 9.63 Å². The molecule has 2 aromatic heterocycles. The van der Waals surface area contributed by atoms with Crippen LogP contribution in [-0.4, -0.2) is 26.8 Å². The van der Waals surface area contributed by atoms with Crippen LogP contribution < -0.4 is 5.73 Å². The standard InChI is InChI=1S/C14H14N4O2/c15-8-7-12(19)14-17-13(18-20-14)11-6-5-9-3-1-2-4-10(9)16-11/h1-6,12,19H,7-8,15H2/t12-/m0/s1. The maximum absolute atomic E-state index is 9.76. The topological polar surface area (TPSA) is 98.1 Å². The SMILES string of the molecule is NCC[C@H](O)c1nc(-c2ccc3ccccc3n2)no1. The number of fused-ring (bicyclic) bond motifs is 1. The molecule has 3 aromatic rings. The van der Waals surface area contributed by atoms with Gasteiger partial charge in [-0.1, -0.05) is 29.4 Å². The summed E-state index contributed by atoms with van der Waals surface area (Å²) in [4.78, 5) is 8.63. The predicted octanol–water partition coefficient (Wildman–Crippen LogP) is 1.67. The van der Waals surface area contributed by atoms with Crippen molar-refractivity contribution in [2.45, 2.75) is 12.5 Å². The fourth-order valence-corrected chi connectivity index (χ4v) is 1.95. The molecular weight excluding hydrogens is 256 g/mol. The minimum absolute atomic E-state index is 0.167. The van der Waals surface area contributed by atoms with Crippen molar-refractivity contribution in [3.05, 3.63) is 42.3 Å². The highest BCUT2D eigenvalue weighted by Crippen LogP contribution is 2.21. The summed E-state index contributed by atoms with van der Waals surface area (Å²) in [6.45, 7) is 0.354. The summed E-state index contributed by atoms with van der Waals surface area (Å²) in [5.74, 6) is 0.530. The van der Waals surface area contributed by atoms with Gasteiger partial charge in [0, 0.05) is 5.39 Å². The van der Waals surface area contributed by atoms with Crippen molar-refractivity contribution in [2.75, 3.05) is 6.54 Å². The second-order valence-corrected chi connectivity index (χ2v) is 4.44. The van der Waals surface area contributed by atoms with Crippen molar-refractivity contribution in [2.24, 2.45) is 5.73 Å². The van der Waals surface area contributed by atoms with Crippen LogP contribution in [0.2, 0.25) is 0 Å². The van der Waals surface area contributed by atoms with Crippen LogP contribution in [0.5, 0.6) is 0 Å². The van der Waals surface area contributed by atoms with E-state index in [1.54, 1.807) is 0 Å². The molecule has 6 nitrogen and oxygen atoms in total. The number of nitrogens with two attached hydrogens (primary N) is 1. The Labute approximate surface area is 115 Å². The molecule has 102 valence electrons. The molecule has 0 saturated carbocycles. The van der Waals surface area contributed by atoms with E-state index < -0.39 is 6.10 Å². The molecule has 2 heterocycles. The van der Waals surface area contributed by atoms with Crippen LogP contribution in [0.25, 0.3) is 22.4 Å². The summed E-state index contributed by atoms with van der Waals surface area (Å²) in [6.07, 6.45) is -0.450. The van der Waals surface area contributed by atoms with Gasteiger partial charge < -0.3 is 15.4 Å². The summed E-state index contributed by atoms with van der Waals surface area (Å²) in [5.41, 5.74) is 6.85. The molecule has 0 radical (unpaired) electrons. The molecule has 6 heteroatoms. The highest BCUT2D eigenvalue weighted by Gasteiger charge is 2.16. The number of rotatable bonds is 4. The number of benzene rings is 1. The van der Waals surface area contributed by atoms with E-state index in [1.807, 2.05) is 36.4 Å². The Morgan fingerprint density at radius 3 is 2.85 bits per heavy atom. The highest BCUT2D eigenvalue weighted by atomic mass is 16.5. The second kappa shape index (κ2) is 5.36. The van der Waals surface area contributed by atoms with Gasteiger partial charge in [-0.2, -0.15) is 4.98 Å². The van der Waals surface area contributed by atoms with E-state index in [9.17, 15) is 5.11 Å². The van der Waals surface area contributed by atoms with Gasteiger partial charge in [0.05, 0.1) is 5.52 Å². The van der Waals surface area contributed by atoms with Gasteiger partial charge in [-0.25, -0.2) is 4.98 Å². The van der Waals surface area contributed by atoms with E-state index in [0.29, 0.717) is 24.5 Å². The number of para-hydroxylation sites is 1. The lowest BCUT2D eigenvalue weighted by Gasteiger charge is -2.01. The molecule has 3 N–H and O–H groups in total. The minimum atomic E-state index is -0.832. The van der Waals surface area contributed by atoms with E-state index >= 15 is 0 Å². The molecule has 0 aliphatic carbocycles. The maximum atomic E-state index is 9.76. The third-order valence-electron chi connectivity index (χ3n) is 2.99. The van der Waals surface area contributed by atoms with Crippen LogP contribution in [0.15, 0.2) is 40.9 Å². The summed E-state index contributed by atoms with van der Waals surface area (Å²) >= 11 is 0. The molecule has 0 fully saturated rings. The Hall–Kier alpha value is -2.31. The quantitative estimate of drug-likeness (QED) is 0.748. The van der Waals surface area contributed by atoms with Gasteiger partial charge in [0.2, 0.25) is 5.82 Å². The van der Waals surface area contributed by atoms with Gasteiger partial charge in [0.15, 0.2) is 0 Å². The molecule has 0 saturated heterocycles. The largest absolute Gasteiger partial charge is 0.383 e. The number of pyridine rings is 1. The summed E-state index contributed by atoms with van der Waals surface area (Å²) in [7, 11) is 0. The number of hydrogen-bond donors (Lipinski definition) is 2. The van der Waals surface area contributed by atoms with Crippen molar-refractivity contribution >= 4 is 10.9 Å². The van der Waals surface area contributed by atoms with E-state index in [-0.39, 0.29) is 5.89 Å². The Bertz CT molecular complexity index is 726. The predicted molar refractivity (Wildman–Crippen MR) is 73.7 cm³/mol. The lowest BCUT2D eigenvalue weighted by atomic mass is 10.2. The average molecular weight is 270 g/mol. The van der Waals surface area contributed by atoms with Gasteiger partial charge in [-0.3, -0.25) is 0 Å². The molecule has 0 amide bonds. The first-order valence-electron chi connectivity index (χ1n) is 6.36. The van der Waals surface area contributed by atoms with E-state index in [2.05, 4.69) is 15.1 Å². The molecule has 0 bridgehead atoms. The van der Waals surface area contributed by atoms with Crippen LogP contribution >= 0.6 is 0 Å². The smallest absolute Gasteiger partial charge is 0.255 e. The van der Waals surface area contributed by atoms with E-state index in [4.69, 9.17) is 10.3 Å². The average Bonchev–Trinajstić information content (AvgIpc) is 2.97. The lowest BCUT2D eigenvalue weighted by Crippen LogP contribution is -2.06. The first-order chi connectivity index (χ1) is 9.78. The van der Waals surface area contributed by atoms with Crippen LogP contribution in [0.3, 0.4) is 0 Å². The molecule has 0 aliphatic heterocycles. The van der Waals surface area contributed by atoms with Crippen molar-refractivity contribution in [1.82, 2.24) is 15.1 Å². The number of hydrogen-bond acceptors (Lipinski definition) is 6. The zero-order valence-corrected chi connectivity index (χ0v) is 10.7. The Kier molecular flexibility index (Phi) is 3.41. The molecular formula is C14H14N4O2. The zero-order valence-electron chi connectivity index (χ0n) is 10.7. The highest BCUT2D eigenvalue weighted by molar-refractivity contribution is 5.80. The molecule has 3 rings (SSSR count). The minimum Gasteiger partial charge on any atom is -0.383 e. The first kappa shape index (κ1) is 12.7. The van der Waals surface area contributed by atoms with Crippen LogP contribution in [0, 0.1) is 0 Å². The number of aliphatic hydroxyl groups excluding tert-OH is 1. The first-order valence-corrected chi connectivity index (χ1v) is 6.36. The molecule has 0 spiro atoms. The number of nitrogens with zero attached hydrogens (tertiary/aromatic N) is 3. The third-order valence-corrected chi connectivity index (χ3v) is 2.99. The normalized spacial score (nSPS) is 12.7. The van der Waals surface area contributed by atoms with Crippen LogP contribution in [0.4, 0.5) is 0 Å². The van der Waals surface area contributed by atoms with Gasteiger partial charge in [-0.15, -0.1) is 0 Å². The van der Waals surface area contributed by atoms with Crippen molar-refractivity contribution in [3.63, 3.8) is 0 Å². The van der Waals surface area contributed by atoms with Crippen LogP contribution in [0.1, 0.15) is 18.4 Å². The van der Waals surface area contributed by atoms with Gasteiger partial charge in [0.25, 0.3) is 5.89 Å². The molecule has 0 aliphatic rings. The molecule has 0 unspecified atom stereocenters. The summed E-state index contributed by atoms with van der Waals surface area (Å²) < 4.78 is 5.04. The Morgan fingerprint density at radius 1 is 1.15 bits per heavy atom. The number of aromatic nitrogens is 3. The Balaban J connectivity index is 1.94. The van der Waals surface area contributed by atoms with Crippen LogP contribution in [-0.2, 0) is 0 Å². The zero-order chi connectivity index (χ0) is 13.9.